The molecule has 0 radical (unpaired) electrons. The Hall–Kier alpha value is -1.68. The number of ketones is 1. The lowest BCUT2D eigenvalue weighted by molar-refractivity contribution is -0.136. The number of ether oxygens (including phenoxy) is 1. The maximum Gasteiger partial charge on any atom is 0.258 e. The second-order valence-electron chi connectivity index (χ2n) is 5.33. The highest BCUT2D eigenvalue weighted by molar-refractivity contribution is 6.10. The van der Waals surface area contributed by atoms with Crippen LogP contribution in [0.4, 0.5) is 5.69 Å². The number of hydrogen-bond acceptors (Lipinski definition) is 3. The molecule has 1 aromatic carbocycles. The molecule has 0 bridgehead atoms. The first-order valence-electron chi connectivity index (χ1n) is 6.70. The number of Topliss-reactive ketones (excluding diaryl/α,β-unsaturated/α-hetero) is 1. The predicted molar refractivity (Wildman–Crippen MR) is 71.3 cm³/mol. The summed E-state index contributed by atoms with van der Waals surface area (Å²) < 4.78 is 5.62. The molecule has 2 heterocycles. The van der Waals surface area contributed by atoms with E-state index in [1.165, 1.54) is 0 Å². The number of anilines is 1. The predicted octanol–water partition coefficient (Wildman–Crippen LogP) is 2.18. The van der Waals surface area contributed by atoms with Gasteiger partial charge in [-0.2, -0.15) is 0 Å². The maximum atomic E-state index is 12.7. The Balaban J connectivity index is 1.96. The fourth-order valence-corrected chi connectivity index (χ4v) is 2.86. The fourth-order valence-electron chi connectivity index (χ4n) is 2.86. The lowest BCUT2D eigenvalue weighted by Crippen LogP contribution is -2.49. The van der Waals surface area contributed by atoms with Crippen LogP contribution in [0, 0.1) is 0 Å². The minimum atomic E-state index is -0.729. The number of hydrogen-bond donors (Lipinski definition) is 0. The van der Waals surface area contributed by atoms with E-state index in [1.807, 2.05) is 25.1 Å². The molecule has 1 fully saturated rings. The summed E-state index contributed by atoms with van der Waals surface area (Å²) in [6.07, 6.45) is 2.05. The van der Waals surface area contributed by atoms with Crippen LogP contribution in [0.5, 0.6) is 0 Å². The van der Waals surface area contributed by atoms with Crippen molar-refractivity contribution < 1.29 is 14.3 Å². The van der Waals surface area contributed by atoms with Crippen LogP contribution in [0.3, 0.4) is 0 Å². The van der Waals surface area contributed by atoms with Crippen LogP contribution in [0.25, 0.3) is 0 Å². The Kier molecular flexibility index (Phi) is 2.90. The molecule has 1 atom stereocenters. The van der Waals surface area contributed by atoms with Crippen LogP contribution >= 0.6 is 0 Å². The second kappa shape index (κ2) is 4.46. The van der Waals surface area contributed by atoms with Gasteiger partial charge in [0, 0.05) is 25.1 Å². The molecular formula is C15H17NO3. The van der Waals surface area contributed by atoms with Crippen molar-refractivity contribution in [3.63, 3.8) is 0 Å². The van der Waals surface area contributed by atoms with Gasteiger partial charge in [0.25, 0.3) is 5.91 Å². The third-order valence-electron chi connectivity index (χ3n) is 3.97. The summed E-state index contributed by atoms with van der Waals surface area (Å²) in [4.78, 5) is 26.3. The summed E-state index contributed by atoms with van der Waals surface area (Å²) in [5.74, 6) is 0.0853. The van der Waals surface area contributed by atoms with E-state index in [4.69, 9.17) is 4.74 Å². The van der Waals surface area contributed by atoms with E-state index in [1.54, 1.807) is 11.0 Å². The number of carbonyl (C=O) groups is 2. The number of fused-ring (bicyclic) bond motifs is 1. The number of amides is 1. The van der Waals surface area contributed by atoms with E-state index >= 15 is 0 Å². The van der Waals surface area contributed by atoms with Gasteiger partial charge < -0.3 is 9.64 Å². The van der Waals surface area contributed by atoms with Crippen LogP contribution in [0.1, 0.15) is 36.5 Å². The zero-order chi connectivity index (χ0) is 13.5. The lowest BCUT2D eigenvalue weighted by Gasteiger charge is -2.34. The molecule has 100 valence electrons. The molecule has 2 aliphatic heterocycles. The van der Waals surface area contributed by atoms with Gasteiger partial charge in [0.1, 0.15) is 5.60 Å². The Labute approximate surface area is 112 Å². The Morgan fingerprint density at radius 2 is 2.16 bits per heavy atom. The lowest BCUT2D eigenvalue weighted by atomic mass is 9.96. The third-order valence-corrected chi connectivity index (χ3v) is 3.97. The van der Waals surface area contributed by atoms with E-state index in [9.17, 15) is 9.59 Å². The number of nitrogens with zero attached hydrogens (tertiary/aromatic N) is 1. The molecule has 1 aromatic rings. The smallest absolute Gasteiger partial charge is 0.258 e. The van der Waals surface area contributed by atoms with Crippen molar-refractivity contribution >= 4 is 17.4 Å². The zero-order valence-electron chi connectivity index (χ0n) is 11.0. The zero-order valence-corrected chi connectivity index (χ0v) is 11.0. The number of benzene rings is 1. The topological polar surface area (TPSA) is 46.6 Å². The van der Waals surface area contributed by atoms with Gasteiger partial charge in [-0.15, -0.1) is 0 Å². The highest BCUT2D eigenvalue weighted by atomic mass is 16.5. The Morgan fingerprint density at radius 1 is 1.37 bits per heavy atom. The van der Waals surface area contributed by atoms with Crippen LogP contribution in [-0.4, -0.2) is 30.4 Å². The molecule has 1 amide bonds. The first kappa shape index (κ1) is 12.4. The van der Waals surface area contributed by atoms with Gasteiger partial charge >= 0.3 is 0 Å². The van der Waals surface area contributed by atoms with Crippen LogP contribution < -0.4 is 4.90 Å². The molecule has 4 heteroatoms. The van der Waals surface area contributed by atoms with Crippen molar-refractivity contribution in [3.8, 4) is 0 Å². The molecule has 0 saturated carbocycles. The van der Waals surface area contributed by atoms with Gasteiger partial charge in [-0.05, 0) is 31.9 Å². The number of rotatable bonds is 1. The number of para-hydroxylation sites is 1. The minimum Gasteiger partial charge on any atom is -0.365 e. The molecule has 19 heavy (non-hydrogen) atoms. The highest BCUT2D eigenvalue weighted by Gasteiger charge is 2.42. The first-order valence-corrected chi connectivity index (χ1v) is 6.70. The number of carbonyl (C=O) groups excluding carboxylic acids is 2. The van der Waals surface area contributed by atoms with E-state index < -0.39 is 5.60 Å². The van der Waals surface area contributed by atoms with Crippen molar-refractivity contribution in [3.05, 3.63) is 29.8 Å². The summed E-state index contributed by atoms with van der Waals surface area (Å²) in [6, 6.07) is 7.31. The molecule has 2 aliphatic rings. The Morgan fingerprint density at radius 3 is 2.89 bits per heavy atom. The highest BCUT2D eigenvalue weighted by Crippen LogP contribution is 2.33. The summed E-state index contributed by atoms with van der Waals surface area (Å²) in [5, 5.41) is 0. The van der Waals surface area contributed by atoms with Gasteiger partial charge in [0.2, 0.25) is 0 Å². The minimum absolute atomic E-state index is 0.0232. The summed E-state index contributed by atoms with van der Waals surface area (Å²) in [5.41, 5.74) is 0.636. The van der Waals surface area contributed by atoms with Crippen molar-refractivity contribution in [1.29, 1.82) is 0 Å². The molecule has 0 aliphatic carbocycles. The van der Waals surface area contributed by atoms with Crippen molar-refractivity contribution in [2.45, 2.75) is 31.8 Å². The molecule has 0 N–H and O–H groups in total. The van der Waals surface area contributed by atoms with Gasteiger partial charge in [-0.1, -0.05) is 12.1 Å². The van der Waals surface area contributed by atoms with Gasteiger partial charge in [-0.25, -0.2) is 0 Å². The quantitative estimate of drug-likeness (QED) is 0.776. The van der Waals surface area contributed by atoms with Crippen molar-refractivity contribution in [2.75, 3.05) is 18.1 Å². The molecule has 1 unspecified atom stereocenters. The standard InChI is InChI=1S/C15H17NO3/c1-15(8-4-10-19-15)14(18)16-9-7-13(17)11-5-2-3-6-12(11)16/h2-3,5-6H,4,7-10H2,1H3. The van der Waals surface area contributed by atoms with Gasteiger partial charge in [-0.3, -0.25) is 9.59 Å². The molecular weight excluding hydrogens is 242 g/mol. The van der Waals surface area contributed by atoms with Gasteiger partial charge in [0.15, 0.2) is 5.78 Å². The monoisotopic (exact) mass is 259 g/mol. The molecule has 3 rings (SSSR count). The van der Waals surface area contributed by atoms with E-state index in [0.29, 0.717) is 25.1 Å². The SMILES string of the molecule is CC1(C(=O)N2CCC(=O)c3ccccc32)CCCO1. The van der Waals surface area contributed by atoms with Crippen LogP contribution in [0.15, 0.2) is 24.3 Å². The molecule has 0 spiro atoms. The van der Waals surface area contributed by atoms with E-state index in [2.05, 4.69) is 0 Å². The normalized spacial score (nSPS) is 26.4. The van der Waals surface area contributed by atoms with Crippen molar-refractivity contribution in [2.24, 2.45) is 0 Å². The summed E-state index contributed by atoms with van der Waals surface area (Å²) in [7, 11) is 0. The molecule has 1 saturated heterocycles. The maximum absolute atomic E-state index is 12.7. The van der Waals surface area contributed by atoms with E-state index in [-0.39, 0.29) is 11.7 Å². The largest absolute Gasteiger partial charge is 0.365 e. The van der Waals surface area contributed by atoms with Crippen LogP contribution in [-0.2, 0) is 9.53 Å². The molecule has 4 nitrogen and oxygen atoms in total. The summed E-state index contributed by atoms with van der Waals surface area (Å²) >= 11 is 0. The fraction of sp³-hybridized carbons (Fsp3) is 0.467. The van der Waals surface area contributed by atoms with Gasteiger partial charge in [0.05, 0.1) is 5.69 Å². The second-order valence-corrected chi connectivity index (χ2v) is 5.33. The third kappa shape index (κ3) is 1.96. The first-order chi connectivity index (χ1) is 9.12. The summed E-state index contributed by atoms with van der Waals surface area (Å²) in [6.45, 7) is 2.94. The van der Waals surface area contributed by atoms with Crippen molar-refractivity contribution in [1.82, 2.24) is 0 Å². The average Bonchev–Trinajstić information content (AvgIpc) is 2.87. The Bertz CT molecular complexity index is 532. The average molecular weight is 259 g/mol. The van der Waals surface area contributed by atoms with E-state index in [0.717, 1.165) is 18.5 Å². The van der Waals surface area contributed by atoms with Crippen LogP contribution in [0.2, 0.25) is 0 Å². The molecule has 0 aromatic heterocycles.